The van der Waals surface area contributed by atoms with E-state index in [1.807, 2.05) is 0 Å². The van der Waals surface area contributed by atoms with Gasteiger partial charge >= 0.3 is 33.5 Å². The van der Waals surface area contributed by atoms with Crippen molar-refractivity contribution in [1.82, 2.24) is 0 Å². The van der Waals surface area contributed by atoms with Crippen LogP contribution in [0.4, 0.5) is 35.1 Å². The molecule has 0 aliphatic heterocycles. The molecule has 1 rings (SSSR count). The highest BCUT2D eigenvalue weighted by molar-refractivity contribution is 7.86. The Balaban J connectivity index is 3.74. The summed E-state index contributed by atoms with van der Waals surface area (Å²) in [6, 6.07) is 0.752. The van der Waals surface area contributed by atoms with Crippen molar-refractivity contribution in [2.75, 3.05) is 0 Å². The van der Waals surface area contributed by atoms with Crippen LogP contribution in [0.25, 0.3) is 0 Å². The van der Waals surface area contributed by atoms with Gasteiger partial charge in [-0.15, -0.1) is 0 Å². The number of hydrogen-bond acceptors (Lipinski definition) is 4. The van der Waals surface area contributed by atoms with Crippen molar-refractivity contribution in [2.45, 2.75) is 75.8 Å². The van der Waals surface area contributed by atoms with Crippen LogP contribution in [-0.4, -0.2) is 35.5 Å². The van der Waals surface area contributed by atoms with Gasteiger partial charge < -0.3 is 5.11 Å². The third-order valence-electron chi connectivity index (χ3n) is 4.37. The van der Waals surface area contributed by atoms with Gasteiger partial charge in [0.05, 0.1) is 0 Å². The van der Waals surface area contributed by atoms with Crippen LogP contribution in [-0.2, 0) is 31.6 Å². The van der Waals surface area contributed by atoms with Crippen molar-refractivity contribution in [3.05, 3.63) is 28.8 Å². The molecule has 1 aromatic rings. The van der Waals surface area contributed by atoms with Crippen LogP contribution in [0.2, 0.25) is 0 Å². The molecule has 0 saturated carbocycles. The van der Waals surface area contributed by atoms with Gasteiger partial charge in [0.1, 0.15) is 5.75 Å². The Kier molecular flexibility index (Phi) is 6.82. The molecule has 0 saturated heterocycles. The largest absolute Gasteiger partial charge is 0.507 e. The van der Waals surface area contributed by atoms with E-state index < -0.39 is 55.7 Å². The second-order valence-corrected chi connectivity index (χ2v) is 10.6. The molecule has 0 unspecified atom stereocenters. The quantitative estimate of drug-likeness (QED) is 0.382. The molecule has 0 radical (unpaired) electrons. The van der Waals surface area contributed by atoms with E-state index in [0.29, 0.717) is 12.1 Å². The van der Waals surface area contributed by atoms with Crippen LogP contribution in [0.15, 0.2) is 12.1 Å². The molecule has 0 atom stereocenters. The Morgan fingerprint density at radius 1 is 0.750 bits per heavy atom. The van der Waals surface area contributed by atoms with Gasteiger partial charge in [0, 0.05) is 16.7 Å². The van der Waals surface area contributed by atoms with Crippen LogP contribution in [0, 0.1) is 0 Å². The fraction of sp³-hybridized carbons (Fsp3) is 0.667. The van der Waals surface area contributed by atoms with Gasteiger partial charge in [0.2, 0.25) is 0 Å². The lowest BCUT2D eigenvalue weighted by Gasteiger charge is -2.34. The third-order valence-corrected chi connectivity index (χ3v) is 5.26. The Bertz CT molecular complexity index is 941. The van der Waals surface area contributed by atoms with E-state index in [0.717, 1.165) is 0 Å². The third kappa shape index (κ3) is 4.96. The van der Waals surface area contributed by atoms with E-state index in [1.54, 1.807) is 0 Å². The number of halogens is 8. The SMILES string of the molecule is CC(C)(C)c1cc(C(F)(F)C(F)(F)OC(F)(F)C(F)(F)S(=O)(=O)O)cc(C(C)(C)C)c1O. The van der Waals surface area contributed by atoms with Crippen LogP contribution in [0.3, 0.4) is 0 Å². The maximum Gasteiger partial charge on any atom is 0.460 e. The monoisotopic (exact) mass is 502 g/mol. The number of benzene rings is 1. The molecule has 5 nitrogen and oxygen atoms in total. The molecule has 0 heterocycles. The number of alkyl halides is 8. The standard InChI is InChI=1S/C18H22F8O5S/c1-13(2,3)10-7-9(8-11(12(10)27)14(4,5)6)15(19,20)16(21,22)31-17(23,24)18(25,26)32(28,29)30/h7-8,27H,1-6H3,(H,28,29,30). The van der Waals surface area contributed by atoms with Gasteiger partial charge in [0.15, 0.2) is 0 Å². The minimum atomic E-state index is -7.02. The van der Waals surface area contributed by atoms with Gasteiger partial charge in [-0.25, -0.2) is 4.74 Å². The molecule has 0 aliphatic carbocycles. The normalized spacial score (nSPS) is 15.2. The smallest absolute Gasteiger partial charge is 0.460 e. The highest BCUT2D eigenvalue weighted by atomic mass is 32.2. The van der Waals surface area contributed by atoms with Gasteiger partial charge in [-0.2, -0.15) is 43.5 Å². The molecule has 1 aromatic carbocycles. The Labute approximate surface area is 179 Å². The van der Waals surface area contributed by atoms with E-state index in [9.17, 15) is 48.6 Å². The summed E-state index contributed by atoms with van der Waals surface area (Å²) >= 11 is 0. The van der Waals surface area contributed by atoms with E-state index in [-0.39, 0.29) is 11.1 Å². The summed E-state index contributed by atoms with van der Waals surface area (Å²) in [5, 5.41) is 3.79. The fourth-order valence-electron chi connectivity index (χ4n) is 2.56. The maximum atomic E-state index is 14.7. The van der Waals surface area contributed by atoms with E-state index in [2.05, 4.69) is 4.74 Å². The maximum absolute atomic E-state index is 14.7. The predicted octanol–water partition coefficient (Wildman–Crippen LogP) is 5.76. The van der Waals surface area contributed by atoms with Crippen LogP contribution >= 0.6 is 0 Å². The van der Waals surface area contributed by atoms with Crippen molar-refractivity contribution >= 4 is 10.1 Å². The molecule has 0 bridgehead atoms. The Hall–Kier alpha value is -1.67. The summed E-state index contributed by atoms with van der Waals surface area (Å²) in [4.78, 5) is 0. The van der Waals surface area contributed by atoms with Gasteiger partial charge in [-0.1, -0.05) is 41.5 Å². The van der Waals surface area contributed by atoms with Gasteiger partial charge in [0.25, 0.3) is 0 Å². The van der Waals surface area contributed by atoms with E-state index >= 15 is 0 Å². The minimum Gasteiger partial charge on any atom is -0.507 e. The molecule has 0 fully saturated rings. The number of phenols is 1. The first-order valence-corrected chi connectivity index (χ1v) is 10.2. The number of aromatic hydroxyl groups is 1. The molecule has 2 N–H and O–H groups in total. The second kappa shape index (κ2) is 7.69. The zero-order chi connectivity index (χ0) is 25.9. The van der Waals surface area contributed by atoms with E-state index in [4.69, 9.17) is 4.55 Å². The molecular formula is C18H22F8O5S. The van der Waals surface area contributed by atoms with Crippen molar-refractivity contribution < 1.29 is 57.9 Å². The van der Waals surface area contributed by atoms with Crippen molar-refractivity contribution in [1.29, 1.82) is 0 Å². The van der Waals surface area contributed by atoms with Gasteiger partial charge in [-0.05, 0) is 23.0 Å². The molecule has 14 heteroatoms. The number of phenolic OH excluding ortho intramolecular Hbond substituents is 1. The molecule has 0 spiro atoms. The Morgan fingerprint density at radius 2 is 1.09 bits per heavy atom. The van der Waals surface area contributed by atoms with Crippen molar-refractivity contribution in [3.63, 3.8) is 0 Å². The van der Waals surface area contributed by atoms with Crippen molar-refractivity contribution in [2.24, 2.45) is 0 Å². The summed E-state index contributed by atoms with van der Waals surface area (Å²) in [6.45, 7) is 8.53. The van der Waals surface area contributed by atoms with Gasteiger partial charge in [-0.3, -0.25) is 4.55 Å². The Morgan fingerprint density at radius 3 is 1.38 bits per heavy atom. The zero-order valence-corrected chi connectivity index (χ0v) is 18.5. The predicted molar refractivity (Wildman–Crippen MR) is 96.9 cm³/mol. The van der Waals surface area contributed by atoms with Crippen molar-refractivity contribution in [3.8, 4) is 5.75 Å². The zero-order valence-electron chi connectivity index (χ0n) is 17.7. The highest BCUT2D eigenvalue weighted by Crippen LogP contribution is 2.52. The lowest BCUT2D eigenvalue weighted by Crippen LogP contribution is -2.55. The molecule has 186 valence electrons. The summed E-state index contributed by atoms with van der Waals surface area (Å²) < 4.78 is 142. The summed E-state index contributed by atoms with van der Waals surface area (Å²) in [6.07, 6.45) is -13.1. The summed E-state index contributed by atoms with van der Waals surface area (Å²) in [5.41, 5.74) is -4.47. The second-order valence-electron chi connectivity index (χ2n) is 9.12. The van der Waals surface area contributed by atoms with E-state index in [1.165, 1.54) is 41.5 Å². The first-order chi connectivity index (χ1) is 13.7. The number of rotatable bonds is 6. The topological polar surface area (TPSA) is 83.8 Å². The van der Waals surface area contributed by atoms with Crippen LogP contribution in [0.5, 0.6) is 5.75 Å². The fourth-order valence-corrected chi connectivity index (χ4v) is 2.90. The first-order valence-electron chi connectivity index (χ1n) is 8.77. The average Bonchev–Trinajstić information content (AvgIpc) is 2.49. The highest BCUT2D eigenvalue weighted by Gasteiger charge is 2.74. The minimum absolute atomic E-state index is 0.287. The molecule has 0 aromatic heterocycles. The molecule has 32 heavy (non-hydrogen) atoms. The molecule has 0 amide bonds. The average molecular weight is 502 g/mol. The summed E-state index contributed by atoms with van der Waals surface area (Å²) in [5.74, 6) is -6.24. The lowest BCUT2D eigenvalue weighted by molar-refractivity contribution is -0.459. The number of ether oxygens (including phenoxy) is 1. The number of hydrogen-bond donors (Lipinski definition) is 2. The molecule has 0 aliphatic rings. The summed E-state index contributed by atoms with van der Waals surface area (Å²) in [7, 11) is -7.02. The van der Waals surface area contributed by atoms with Crippen LogP contribution in [0.1, 0.15) is 58.2 Å². The van der Waals surface area contributed by atoms with Crippen LogP contribution < -0.4 is 0 Å². The lowest BCUT2D eigenvalue weighted by atomic mass is 9.77. The molecular weight excluding hydrogens is 480 g/mol. The first kappa shape index (κ1) is 28.4.